The SMILES string of the molecule is CC(C)NCc1cccc(SCC(F)(F)F)c1. The van der Waals surface area contributed by atoms with Crippen molar-refractivity contribution in [2.75, 3.05) is 5.75 Å². The molecular weight excluding hydrogens is 247 g/mol. The van der Waals surface area contributed by atoms with Crippen molar-refractivity contribution in [2.24, 2.45) is 0 Å². The summed E-state index contributed by atoms with van der Waals surface area (Å²) in [6.45, 7) is 4.74. The lowest BCUT2D eigenvalue weighted by molar-refractivity contribution is -0.105. The maximum absolute atomic E-state index is 12.1. The predicted octanol–water partition coefficient (Wildman–Crippen LogP) is 3.84. The number of alkyl halides is 3. The summed E-state index contributed by atoms with van der Waals surface area (Å²) in [4.78, 5) is 0.658. The van der Waals surface area contributed by atoms with E-state index in [1.165, 1.54) is 0 Å². The van der Waals surface area contributed by atoms with Crippen molar-refractivity contribution in [1.82, 2.24) is 5.32 Å². The van der Waals surface area contributed by atoms with E-state index in [0.29, 0.717) is 17.5 Å². The van der Waals surface area contributed by atoms with Crippen LogP contribution < -0.4 is 5.32 Å². The number of nitrogens with one attached hydrogen (secondary N) is 1. The van der Waals surface area contributed by atoms with E-state index in [1.54, 1.807) is 18.2 Å². The van der Waals surface area contributed by atoms with Crippen LogP contribution in [0.3, 0.4) is 0 Å². The van der Waals surface area contributed by atoms with Crippen LogP contribution in [0.25, 0.3) is 0 Å². The van der Waals surface area contributed by atoms with Gasteiger partial charge in [-0.25, -0.2) is 0 Å². The van der Waals surface area contributed by atoms with Gasteiger partial charge in [-0.15, -0.1) is 11.8 Å². The minimum Gasteiger partial charge on any atom is -0.310 e. The molecule has 0 amide bonds. The minimum absolute atomic E-state index is 0.362. The Bertz CT molecular complexity index is 350. The molecule has 0 unspecified atom stereocenters. The van der Waals surface area contributed by atoms with E-state index in [4.69, 9.17) is 0 Å². The third kappa shape index (κ3) is 6.58. The maximum atomic E-state index is 12.1. The fourth-order valence-corrected chi connectivity index (χ4v) is 1.97. The van der Waals surface area contributed by atoms with E-state index in [1.807, 2.05) is 19.9 Å². The van der Waals surface area contributed by atoms with Crippen molar-refractivity contribution in [2.45, 2.75) is 37.5 Å². The van der Waals surface area contributed by atoms with Crippen molar-refractivity contribution in [1.29, 1.82) is 0 Å². The van der Waals surface area contributed by atoms with Crippen LogP contribution in [-0.2, 0) is 6.54 Å². The van der Waals surface area contributed by atoms with Gasteiger partial charge in [0, 0.05) is 17.5 Å². The highest BCUT2D eigenvalue weighted by Gasteiger charge is 2.27. The van der Waals surface area contributed by atoms with Crippen LogP contribution >= 0.6 is 11.8 Å². The summed E-state index contributed by atoms with van der Waals surface area (Å²) in [7, 11) is 0. The molecular formula is C12H16F3NS. The standard InChI is InChI=1S/C12H16F3NS/c1-9(2)16-7-10-4-3-5-11(6-10)17-8-12(13,14)15/h3-6,9,16H,7-8H2,1-2H3. The highest BCUT2D eigenvalue weighted by Crippen LogP contribution is 2.27. The van der Waals surface area contributed by atoms with Gasteiger partial charge < -0.3 is 5.32 Å². The first-order chi connectivity index (χ1) is 7.87. The molecule has 0 aliphatic heterocycles. The molecule has 1 N–H and O–H groups in total. The number of halogens is 3. The van der Waals surface area contributed by atoms with Gasteiger partial charge >= 0.3 is 6.18 Å². The van der Waals surface area contributed by atoms with E-state index in [-0.39, 0.29) is 0 Å². The fraction of sp³-hybridized carbons (Fsp3) is 0.500. The zero-order valence-corrected chi connectivity index (χ0v) is 10.7. The summed E-state index contributed by atoms with van der Waals surface area (Å²) in [5, 5.41) is 3.23. The normalized spacial score (nSPS) is 12.1. The van der Waals surface area contributed by atoms with Crippen molar-refractivity contribution >= 4 is 11.8 Å². The summed E-state index contributed by atoms with van der Waals surface area (Å²) < 4.78 is 36.2. The Morgan fingerprint density at radius 2 is 2.00 bits per heavy atom. The Balaban J connectivity index is 2.54. The Morgan fingerprint density at radius 1 is 1.29 bits per heavy atom. The maximum Gasteiger partial charge on any atom is 0.398 e. The summed E-state index contributed by atoms with van der Waals surface area (Å²) in [5.41, 5.74) is 1.01. The van der Waals surface area contributed by atoms with Crippen molar-refractivity contribution in [3.63, 3.8) is 0 Å². The molecule has 0 aromatic heterocycles. The Kier molecular flexibility index (Phi) is 5.33. The molecule has 0 atom stereocenters. The second-order valence-electron chi connectivity index (χ2n) is 4.09. The predicted molar refractivity (Wildman–Crippen MR) is 65.2 cm³/mol. The Hall–Kier alpha value is -0.680. The molecule has 0 radical (unpaired) electrons. The Labute approximate surface area is 104 Å². The van der Waals surface area contributed by atoms with Crippen molar-refractivity contribution in [3.8, 4) is 0 Å². The van der Waals surface area contributed by atoms with E-state index in [2.05, 4.69) is 5.32 Å². The molecule has 0 saturated heterocycles. The molecule has 0 spiro atoms. The monoisotopic (exact) mass is 263 g/mol. The first-order valence-electron chi connectivity index (χ1n) is 5.39. The van der Waals surface area contributed by atoms with E-state index >= 15 is 0 Å². The second kappa shape index (κ2) is 6.31. The van der Waals surface area contributed by atoms with Gasteiger partial charge in [0.15, 0.2) is 0 Å². The second-order valence-corrected chi connectivity index (χ2v) is 5.14. The molecule has 96 valence electrons. The van der Waals surface area contributed by atoms with Gasteiger partial charge in [0.05, 0.1) is 5.75 Å². The molecule has 0 fully saturated rings. The van der Waals surface area contributed by atoms with E-state index in [9.17, 15) is 13.2 Å². The lowest BCUT2D eigenvalue weighted by atomic mass is 10.2. The van der Waals surface area contributed by atoms with Crippen molar-refractivity contribution in [3.05, 3.63) is 29.8 Å². The number of benzene rings is 1. The van der Waals surface area contributed by atoms with Crippen molar-refractivity contribution < 1.29 is 13.2 Å². The van der Waals surface area contributed by atoms with Gasteiger partial charge in [-0.3, -0.25) is 0 Å². The summed E-state index contributed by atoms with van der Waals surface area (Å²) in [5.74, 6) is -0.839. The topological polar surface area (TPSA) is 12.0 Å². The summed E-state index contributed by atoms with van der Waals surface area (Å²) >= 11 is 0.823. The van der Waals surface area contributed by atoms with Crippen LogP contribution in [0.1, 0.15) is 19.4 Å². The quantitative estimate of drug-likeness (QED) is 0.810. The lowest BCUT2D eigenvalue weighted by Crippen LogP contribution is -2.21. The molecule has 0 bridgehead atoms. The molecule has 0 saturated carbocycles. The van der Waals surface area contributed by atoms with Gasteiger partial charge in [0.1, 0.15) is 0 Å². The summed E-state index contributed by atoms with van der Waals surface area (Å²) in [6.07, 6.45) is -4.11. The van der Waals surface area contributed by atoms with Crippen LogP contribution in [0.5, 0.6) is 0 Å². The van der Waals surface area contributed by atoms with Crippen LogP contribution in [0.15, 0.2) is 29.2 Å². The number of hydrogen-bond acceptors (Lipinski definition) is 2. The molecule has 0 aliphatic carbocycles. The third-order valence-electron chi connectivity index (χ3n) is 2.02. The first-order valence-corrected chi connectivity index (χ1v) is 6.37. The molecule has 0 aliphatic rings. The van der Waals surface area contributed by atoms with E-state index in [0.717, 1.165) is 17.3 Å². The average Bonchev–Trinajstić information content (AvgIpc) is 2.23. The van der Waals surface area contributed by atoms with Crippen LogP contribution in [-0.4, -0.2) is 18.0 Å². The zero-order chi connectivity index (χ0) is 12.9. The third-order valence-corrected chi connectivity index (χ3v) is 3.07. The summed E-state index contributed by atoms with van der Waals surface area (Å²) in [6, 6.07) is 7.56. The van der Waals surface area contributed by atoms with Gasteiger partial charge in [0.25, 0.3) is 0 Å². The van der Waals surface area contributed by atoms with Gasteiger partial charge in [-0.2, -0.15) is 13.2 Å². The lowest BCUT2D eigenvalue weighted by Gasteiger charge is -2.10. The molecule has 5 heteroatoms. The molecule has 1 aromatic rings. The highest BCUT2D eigenvalue weighted by molar-refractivity contribution is 7.99. The molecule has 1 aromatic carbocycles. The number of rotatable bonds is 5. The zero-order valence-electron chi connectivity index (χ0n) is 9.84. The number of thioether (sulfide) groups is 1. The highest BCUT2D eigenvalue weighted by atomic mass is 32.2. The van der Waals surface area contributed by atoms with Crippen LogP contribution in [0.4, 0.5) is 13.2 Å². The van der Waals surface area contributed by atoms with Crippen LogP contribution in [0, 0.1) is 0 Å². The minimum atomic E-state index is -4.11. The smallest absolute Gasteiger partial charge is 0.310 e. The molecule has 0 heterocycles. The average molecular weight is 263 g/mol. The van der Waals surface area contributed by atoms with Gasteiger partial charge in [0.2, 0.25) is 0 Å². The molecule has 17 heavy (non-hydrogen) atoms. The molecule has 1 rings (SSSR count). The number of hydrogen-bond donors (Lipinski definition) is 1. The Morgan fingerprint density at radius 3 is 2.59 bits per heavy atom. The molecule has 1 nitrogen and oxygen atoms in total. The largest absolute Gasteiger partial charge is 0.398 e. The first kappa shape index (κ1) is 14.4. The van der Waals surface area contributed by atoms with Gasteiger partial charge in [-0.05, 0) is 17.7 Å². The fourth-order valence-electron chi connectivity index (χ4n) is 1.23. The van der Waals surface area contributed by atoms with Gasteiger partial charge in [-0.1, -0.05) is 26.0 Å². The van der Waals surface area contributed by atoms with E-state index < -0.39 is 11.9 Å². The van der Waals surface area contributed by atoms with Crippen LogP contribution in [0.2, 0.25) is 0 Å².